The van der Waals surface area contributed by atoms with Gasteiger partial charge in [-0.25, -0.2) is 4.98 Å². The Balaban J connectivity index is 1.90. The first kappa shape index (κ1) is 11.1. The Hall–Kier alpha value is -2.35. The Kier molecular flexibility index (Phi) is 3.36. The summed E-state index contributed by atoms with van der Waals surface area (Å²) in [5.41, 5.74) is 1.77. The van der Waals surface area contributed by atoms with Gasteiger partial charge in [-0.05, 0) is 18.2 Å². The van der Waals surface area contributed by atoms with Gasteiger partial charge >= 0.3 is 0 Å². The zero-order valence-electron chi connectivity index (χ0n) is 9.59. The highest BCUT2D eigenvalue weighted by Crippen LogP contribution is 2.06. The van der Waals surface area contributed by atoms with Crippen molar-refractivity contribution in [1.82, 2.24) is 14.8 Å². The van der Waals surface area contributed by atoms with Crippen molar-refractivity contribution in [3.8, 4) is 6.07 Å². The molecule has 0 radical (unpaired) electrons. The number of aryl methyl sites for hydroxylation is 1. The minimum absolute atomic E-state index is 0.614. The van der Waals surface area contributed by atoms with Gasteiger partial charge in [0.1, 0.15) is 5.82 Å². The molecule has 0 unspecified atom stereocenters. The molecule has 2 aromatic rings. The zero-order valence-corrected chi connectivity index (χ0v) is 9.59. The third-order valence-electron chi connectivity index (χ3n) is 2.50. The summed E-state index contributed by atoms with van der Waals surface area (Å²) in [4.78, 5) is 4.14. The molecular formula is C12H13N5. The van der Waals surface area contributed by atoms with Crippen LogP contribution in [0.15, 0.2) is 30.6 Å². The molecule has 17 heavy (non-hydrogen) atoms. The fraction of sp³-hybridized carbons (Fsp3) is 0.250. The minimum atomic E-state index is 0.614. The van der Waals surface area contributed by atoms with Crippen LogP contribution in [0.1, 0.15) is 11.3 Å². The van der Waals surface area contributed by atoms with Gasteiger partial charge in [0.2, 0.25) is 0 Å². The number of nitrogens with one attached hydrogen (secondary N) is 1. The number of hydrogen-bond donors (Lipinski definition) is 1. The Morgan fingerprint density at radius 1 is 1.41 bits per heavy atom. The molecule has 1 N–H and O–H groups in total. The van der Waals surface area contributed by atoms with Crippen molar-refractivity contribution in [2.24, 2.45) is 7.05 Å². The smallest absolute Gasteiger partial charge is 0.127 e. The summed E-state index contributed by atoms with van der Waals surface area (Å²) in [7, 11) is 1.92. The second-order valence-corrected chi connectivity index (χ2v) is 3.66. The van der Waals surface area contributed by atoms with E-state index in [0.29, 0.717) is 5.56 Å². The highest BCUT2D eigenvalue weighted by molar-refractivity contribution is 5.42. The summed E-state index contributed by atoms with van der Waals surface area (Å²) >= 11 is 0. The van der Waals surface area contributed by atoms with Crippen LogP contribution in [0.4, 0.5) is 5.82 Å². The third kappa shape index (κ3) is 2.82. The Labute approximate surface area is 99.7 Å². The van der Waals surface area contributed by atoms with E-state index in [9.17, 15) is 0 Å². The van der Waals surface area contributed by atoms with Gasteiger partial charge in [0, 0.05) is 38.1 Å². The fourth-order valence-electron chi connectivity index (χ4n) is 1.56. The second-order valence-electron chi connectivity index (χ2n) is 3.66. The lowest BCUT2D eigenvalue weighted by molar-refractivity contribution is 0.711. The van der Waals surface area contributed by atoms with E-state index >= 15 is 0 Å². The van der Waals surface area contributed by atoms with Crippen molar-refractivity contribution < 1.29 is 0 Å². The quantitative estimate of drug-likeness (QED) is 0.856. The molecule has 2 heterocycles. The van der Waals surface area contributed by atoms with Gasteiger partial charge in [0.15, 0.2) is 0 Å². The second kappa shape index (κ2) is 5.12. The lowest BCUT2D eigenvalue weighted by Gasteiger charge is -2.05. The maximum absolute atomic E-state index is 8.76. The predicted octanol–water partition coefficient (Wildman–Crippen LogP) is 1.34. The van der Waals surface area contributed by atoms with Gasteiger partial charge in [-0.3, -0.25) is 4.68 Å². The normalized spacial score (nSPS) is 9.88. The van der Waals surface area contributed by atoms with Crippen molar-refractivity contribution in [3.63, 3.8) is 0 Å². The molecule has 0 fully saturated rings. The molecule has 0 saturated carbocycles. The van der Waals surface area contributed by atoms with E-state index in [-0.39, 0.29) is 0 Å². The summed E-state index contributed by atoms with van der Waals surface area (Å²) in [5.74, 6) is 0.728. The van der Waals surface area contributed by atoms with E-state index in [1.807, 2.05) is 17.8 Å². The standard InChI is InChI=1S/C12H13N5/c1-17-11(4-7-16-17)3-6-15-12-8-10(9-13)2-5-14-12/h2,4-5,7-8H,3,6H2,1H3,(H,14,15). The minimum Gasteiger partial charge on any atom is -0.370 e. The number of hydrogen-bond acceptors (Lipinski definition) is 4. The first-order chi connectivity index (χ1) is 8.29. The van der Waals surface area contributed by atoms with E-state index in [1.54, 1.807) is 24.5 Å². The molecule has 0 aliphatic heterocycles. The van der Waals surface area contributed by atoms with Crippen LogP contribution in [0.2, 0.25) is 0 Å². The molecule has 86 valence electrons. The largest absolute Gasteiger partial charge is 0.370 e. The molecule has 2 rings (SSSR count). The third-order valence-corrected chi connectivity index (χ3v) is 2.50. The molecular weight excluding hydrogens is 214 g/mol. The summed E-state index contributed by atoms with van der Waals surface area (Å²) in [6.45, 7) is 0.765. The maximum atomic E-state index is 8.76. The van der Waals surface area contributed by atoms with Crippen molar-refractivity contribution >= 4 is 5.82 Å². The SMILES string of the molecule is Cn1nccc1CCNc1cc(C#N)ccn1. The van der Waals surface area contributed by atoms with Crippen LogP contribution in [0, 0.1) is 11.3 Å². The van der Waals surface area contributed by atoms with E-state index < -0.39 is 0 Å². The van der Waals surface area contributed by atoms with Crippen molar-refractivity contribution in [3.05, 3.63) is 41.9 Å². The first-order valence-electron chi connectivity index (χ1n) is 5.36. The van der Waals surface area contributed by atoms with Crippen LogP contribution in [0.5, 0.6) is 0 Å². The van der Waals surface area contributed by atoms with Crippen LogP contribution in [-0.2, 0) is 13.5 Å². The van der Waals surface area contributed by atoms with Crippen molar-refractivity contribution in [2.45, 2.75) is 6.42 Å². The highest BCUT2D eigenvalue weighted by atomic mass is 15.3. The fourth-order valence-corrected chi connectivity index (χ4v) is 1.56. The van der Waals surface area contributed by atoms with Crippen LogP contribution in [0.3, 0.4) is 0 Å². The van der Waals surface area contributed by atoms with Crippen LogP contribution < -0.4 is 5.32 Å². The highest BCUT2D eigenvalue weighted by Gasteiger charge is 1.99. The number of aromatic nitrogens is 3. The molecule has 5 nitrogen and oxygen atoms in total. The van der Waals surface area contributed by atoms with Gasteiger partial charge in [0.05, 0.1) is 11.6 Å². The van der Waals surface area contributed by atoms with Gasteiger partial charge in [-0.2, -0.15) is 10.4 Å². The molecule has 0 bridgehead atoms. The van der Waals surface area contributed by atoms with Crippen LogP contribution in [0.25, 0.3) is 0 Å². The average molecular weight is 227 g/mol. The van der Waals surface area contributed by atoms with Gasteiger partial charge in [-0.15, -0.1) is 0 Å². The Bertz CT molecular complexity index is 538. The van der Waals surface area contributed by atoms with E-state index in [1.165, 1.54) is 0 Å². The molecule has 0 aliphatic rings. The lowest BCUT2D eigenvalue weighted by Crippen LogP contribution is -2.09. The topological polar surface area (TPSA) is 66.5 Å². The number of pyridine rings is 1. The van der Waals surface area contributed by atoms with Crippen molar-refractivity contribution in [2.75, 3.05) is 11.9 Å². The number of rotatable bonds is 4. The Morgan fingerprint density at radius 2 is 2.29 bits per heavy atom. The van der Waals surface area contributed by atoms with E-state index in [4.69, 9.17) is 5.26 Å². The molecule has 0 spiro atoms. The summed E-state index contributed by atoms with van der Waals surface area (Å²) < 4.78 is 1.85. The first-order valence-corrected chi connectivity index (χ1v) is 5.36. The summed E-state index contributed by atoms with van der Waals surface area (Å²) in [6.07, 6.45) is 4.28. The Morgan fingerprint density at radius 3 is 3.00 bits per heavy atom. The number of anilines is 1. The van der Waals surface area contributed by atoms with Gasteiger partial charge in [0.25, 0.3) is 0 Å². The van der Waals surface area contributed by atoms with Crippen molar-refractivity contribution in [1.29, 1.82) is 5.26 Å². The molecule has 0 atom stereocenters. The summed E-state index contributed by atoms with van der Waals surface area (Å²) in [5, 5.41) is 16.0. The molecule has 0 amide bonds. The predicted molar refractivity (Wildman–Crippen MR) is 64.4 cm³/mol. The number of nitrogens with zero attached hydrogens (tertiary/aromatic N) is 4. The average Bonchev–Trinajstić information content (AvgIpc) is 2.76. The molecule has 0 aliphatic carbocycles. The van der Waals surface area contributed by atoms with Crippen LogP contribution >= 0.6 is 0 Å². The lowest BCUT2D eigenvalue weighted by atomic mass is 10.3. The molecule has 0 aromatic carbocycles. The van der Waals surface area contributed by atoms with Gasteiger partial charge in [-0.1, -0.05) is 0 Å². The molecule has 0 saturated heterocycles. The summed E-state index contributed by atoms with van der Waals surface area (Å²) in [6, 6.07) is 7.50. The monoisotopic (exact) mass is 227 g/mol. The van der Waals surface area contributed by atoms with E-state index in [2.05, 4.69) is 21.5 Å². The van der Waals surface area contributed by atoms with E-state index in [0.717, 1.165) is 24.5 Å². The molecule has 5 heteroatoms. The van der Waals surface area contributed by atoms with Crippen LogP contribution in [-0.4, -0.2) is 21.3 Å². The maximum Gasteiger partial charge on any atom is 0.127 e. The molecule has 2 aromatic heterocycles. The zero-order chi connectivity index (χ0) is 12.1. The number of nitriles is 1. The van der Waals surface area contributed by atoms with Gasteiger partial charge < -0.3 is 5.32 Å².